The van der Waals surface area contributed by atoms with E-state index >= 15 is 0 Å². The van der Waals surface area contributed by atoms with E-state index in [-0.39, 0.29) is 5.91 Å². The minimum absolute atomic E-state index is 0.0318. The standard InChI is InChI=1S/C17H24N6O/c1-11(24)23-7-6-16(21-3)14(10-23)17(19)22-13-4-5-15(18)12(8-13)9-20-2/h4-5,8-9,21H,6-7,10,18H2,1-3H3,(H2,19,22). The molecule has 7 heteroatoms. The predicted octanol–water partition coefficient (Wildman–Crippen LogP) is 1.03. The number of hydrogen-bond acceptors (Lipinski definition) is 5. The van der Waals surface area contributed by atoms with Crippen molar-refractivity contribution in [3.05, 3.63) is 35.0 Å². The molecule has 0 saturated heterocycles. The number of hydrogen-bond donors (Lipinski definition) is 3. The van der Waals surface area contributed by atoms with Crippen molar-refractivity contribution < 1.29 is 4.79 Å². The van der Waals surface area contributed by atoms with Gasteiger partial charge >= 0.3 is 0 Å². The summed E-state index contributed by atoms with van der Waals surface area (Å²) in [4.78, 5) is 21.9. The van der Waals surface area contributed by atoms with Crippen LogP contribution in [-0.2, 0) is 4.79 Å². The van der Waals surface area contributed by atoms with Crippen molar-refractivity contribution in [3.8, 4) is 0 Å². The third-order valence-corrected chi connectivity index (χ3v) is 3.99. The van der Waals surface area contributed by atoms with Crippen LogP contribution in [0.15, 0.2) is 39.5 Å². The van der Waals surface area contributed by atoms with Crippen molar-refractivity contribution in [2.75, 3.05) is 32.9 Å². The highest BCUT2D eigenvalue weighted by molar-refractivity contribution is 6.00. The van der Waals surface area contributed by atoms with E-state index in [9.17, 15) is 4.79 Å². The topological polar surface area (TPSA) is 109 Å². The Morgan fingerprint density at radius 2 is 2.17 bits per heavy atom. The van der Waals surface area contributed by atoms with Crippen LogP contribution in [0.25, 0.3) is 0 Å². The van der Waals surface area contributed by atoms with Crippen LogP contribution < -0.4 is 16.8 Å². The van der Waals surface area contributed by atoms with Crippen molar-refractivity contribution in [1.82, 2.24) is 10.2 Å². The van der Waals surface area contributed by atoms with Gasteiger partial charge in [-0.1, -0.05) is 0 Å². The van der Waals surface area contributed by atoms with Crippen molar-refractivity contribution in [1.29, 1.82) is 0 Å². The molecule has 5 N–H and O–H groups in total. The molecule has 1 amide bonds. The predicted molar refractivity (Wildman–Crippen MR) is 98.6 cm³/mol. The van der Waals surface area contributed by atoms with E-state index < -0.39 is 0 Å². The molecule has 0 aromatic heterocycles. The number of carbonyl (C=O) groups is 1. The van der Waals surface area contributed by atoms with Crippen LogP contribution in [0, 0.1) is 0 Å². The van der Waals surface area contributed by atoms with Crippen molar-refractivity contribution >= 4 is 29.3 Å². The zero-order valence-corrected chi connectivity index (χ0v) is 14.3. The van der Waals surface area contributed by atoms with E-state index in [1.165, 1.54) is 0 Å². The maximum Gasteiger partial charge on any atom is 0.219 e. The molecule has 128 valence electrons. The molecule has 0 fully saturated rings. The third-order valence-electron chi connectivity index (χ3n) is 3.99. The van der Waals surface area contributed by atoms with Gasteiger partial charge < -0.3 is 21.7 Å². The van der Waals surface area contributed by atoms with Crippen LogP contribution in [0.3, 0.4) is 0 Å². The Morgan fingerprint density at radius 3 is 2.79 bits per heavy atom. The summed E-state index contributed by atoms with van der Waals surface area (Å²) in [6, 6.07) is 5.42. The second-order valence-electron chi connectivity index (χ2n) is 5.60. The monoisotopic (exact) mass is 328 g/mol. The smallest absolute Gasteiger partial charge is 0.219 e. The first-order valence-electron chi connectivity index (χ1n) is 7.77. The van der Waals surface area contributed by atoms with Gasteiger partial charge in [-0.15, -0.1) is 0 Å². The molecule has 0 spiro atoms. The number of benzene rings is 1. The van der Waals surface area contributed by atoms with Gasteiger partial charge in [0.15, 0.2) is 0 Å². The average molecular weight is 328 g/mol. The molecule has 1 aromatic rings. The van der Waals surface area contributed by atoms with Gasteiger partial charge in [-0.05, 0) is 18.2 Å². The SMILES string of the molecule is CN=Cc1cc(N=C(N)C2=C(NC)CCN(C(C)=O)C2)ccc1N. The Hall–Kier alpha value is -2.83. The second-order valence-corrected chi connectivity index (χ2v) is 5.60. The molecule has 1 aliphatic heterocycles. The number of nitrogen functional groups attached to an aromatic ring is 1. The molecule has 0 atom stereocenters. The number of amidine groups is 1. The largest absolute Gasteiger partial charge is 0.398 e. The van der Waals surface area contributed by atoms with E-state index in [0.717, 1.165) is 23.3 Å². The Morgan fingerprint density at radius 1 is 1.42 bits per heavy atom. The first-order valence-corrected chi connectivity index (χ1v) is 7.77. The van der Waals surface area contributed by atoms with Crippen molar-refractivity contribution in [2.45, 2.75) is 13.3 Å². The van der Waals surface area contributed by atoms with Crippen LogP contribution in [0.5, 0.6) is 0 Å². The lowest BCUT2D eigenvalue weighted by Crippen LogP contribution is -2.40. The first-order chi connectivity index (χ1) is 11.5. The van der Waals surface area contributed by atoms with Gasteiger partial charge in [0.1, 0.15) is 5.84 Å². The van der Waals surface area contributed by atoms with E-state index in [2.05, 4.69) is 15.3 Å². The maximum absolute atomic E-state index is 11.6. The fraction of sp³-hybridized carbons (Fsp3) is 0.353. The Kier molecular flexibility index (Phi) is 5.57. The Bertz CT molecular complexity index is 720. The summed E-state index contributed by atoms with van der Waals surface area (Å²) in [5.41, 5.74) is 16.1. The van der Waals surface area contributed by atoms with Gasteiger partial charge in [0.2, 0.25) is 5.91 Å². The molecule has 0 saturated carbocycles. The normalized spacial score (nSPS) is 16.0. The molecule has 1 aromatic carbocycles. The van der Waals surface area contributed by atoms with Gasteiger partial charge in [0.05, 0.1) is 12.2 Å². The second kappa shape index (κ2) is 7.63. The van der Waals surface area contributed by atoms with Crippen molar-refractivity contribution in [3.63, 3.8) is 0 Å². The molecule has 7 nitrogen and oxygen atoms in total. The summed E-state index contributed by atoms with van der Waals surface area (Å²) in [5, 5.41) is 3.16. The van der Waals surface area contributed by atoms with Gasteiger partial charge in [-0.3, -0.25) is 9.79 Å². The molecule has 24 heavy (non-hydrogen) atoms. The van der Waals surface area contributed by atoms with Crippen LogP contribution >= 0.6 is 0 Å². The minimum atomic E-state index is 0.0318. The van der Waals surface area contributed by atoms with Crippen LogP contribution in [0.4, 0.5) is 11.4 Å². The molecule has 0 aliphatic carbocycles. The van der Waals surface area contributed by atoms with Crippen molar-refractivity contribution in [2.24, 2.45) is 15.7 Å². The highest BCUT2D eigenvalue weighted by Gasteiger charge is 2.22. The number of nitrogens with zero attached hydrogens (tertiary/aromatic N) is 3. The number of nitrogens with two attached hydrogens (primary N) is 2. The maximum atomic E-state index is 11.6. The number of anilines is 1. The summed E-state index contributed by atoms with van der Waals surface area (Å²) in [5.74, 6) is 0.429. The molecule has 0 unspecified atom stereocenters. The van der Waals surface area contributed by atoms with E-state index in [1.54, 1.807) is 37.2 Å². The van der Waals surface area contributed by atoms with Gasteiger partial charge in [-0.25, -0.2) is 4.99 Å². The van der Waals surface area contributed by atoms with E-state index in [0.29, 0.717) is 30.3 Å². The molecule has 0 radical (unpaired) electrons. The minimum Gasteiger partial charge on any atom is -0.398 e. The van der Waals surface area contributed by atoms with Gasteiger partial charge in [-0.2, -0.15) is 0 Å². The summed E-state index contributed by atoms with van der Waals surface area (Å²) in [6.07, 6.45) is 2.41. The lowest BCUT2D eigenvalue weighted by Gasteiger charge is -2.29. The highest BCUT2D eigenvalue weighted by atomic mass is 16.2. The number of nitrogens with one attached hydrogen (secondary N) is 1. The average Bonchev–Trinajstić information content (AvgIpc) is 2.57. The van der Waals surface area contributed by atoms with Crippen LogP contribution in [-0.4, -0.2) is 50.0 Å². The lowest BCUT2D eigenvalue weighted by atomic mass is 10.0. The molecule has 0 bridgehead atoms. The molecular formula is C17H24N6O. The summed E-state index contributed by atoms with van der Waals surface area (Å²) < 4.78 is 0. The first kappa shape index (κ1) is 17.5. The Labute approximate surface area is 142 Å². The van der Waals surface area contributed by atoms with Gasteiger partial charge in [0.25, 0.3) is 0 Å². The fourth-order valence-corrected chi connectivity index (χ4v) is 2.63. The van der Waals surface area contributed by atoms with E-state index in [4.69, 9.17) is 11.5 Å². The number of aliphatic imine (C=N–C) groups is 2. The summed E-state index contributed by atoms with van der Waals surface area (Å²) in [6.45, 7) is 2.70. The molecule has 1 aliphatic rings. The number of carbonyl (C=O) groups excluding carboxylic acids is 1. The highest BCUT2D eigenvalue weighted by Crippen LogP contribution is 2.22. The summed E-state index contributed by atoms with van der Waals surface area (Å²) in [7, 11) is 3.54. The fourth-order valence-electron chi connectivity index (χ4n) is 2.63. The number of rotatable bonds is 4. The zero-order valence-electron chi connectivity index (χ0n) is 14.3. The third kappa shape index (κ3) is 3.92. The quantitative estimate of drug-likeness (QED) is 0.436. The summed E-state index contributed by atoms with van der Waals surface area (Å²) >= 11 is 0. The number of amides is 1. The molecule has 2 rings (SSSR count). The van der Waals surface area contributed by atoms with Crippen LogP contribution in [0.1, 0.15) is 18.9 Å². The van der Waals surface area contributed by atoms with Crippen LogP contribution in [0.2, 0.25) is 0 Å². The Balaban J connectivity index is 2.36. The van der Waals surface area contributed by atoms with E-state index in [1.807, 2.05) is 13.1 Å². The molecule has 1 heterocycles. The zero-order chi connectivity index (χ0) is 17.7. The van der Waals surface area contributed by atoms with Gasteiger partial charge in [0, 0.05) is 62.7 Å². The lowest BCUT2D eigenvalue weighted by molar-refractivity contribution is -0.128. The molecular weight excluding hydrogens is 304 g/mol.